The van der Waals surface area contributed by atoms with Gasteiger partial charge < -0.3 is 15.4 Å². The molecule has 1 aliphatic carbocycles. The van der Waals surface area contributed by atoms with E-state index in [-0.39, 0.29) is 12.1 Å². The van der Waals surface area contributed by atoms with Gasteiger partial charge in [0, 0.05) is 13.1 Å². The fourth-order valence-electron chi connectivity index (χ4n) is 2.77. The van der Waals surface area contributed by atoms with Crippen LogP contribution in [0.4, 0.5) is 10.5 Å². The van der Waals surface area contributed by atoms with E-state index >= 15 is 0 Å². The van der Waals surface area contributed by atoms with Crippen LogP contribution in [0.3, 0.4) is 0 Å². The van der Waals surface area contributed by atoms with E-state index in [1.54, 1.807) is 18.8 Å². The van der Waals surface area contributed by atoms with Crippen LogP contribution in [-0.4, -0.2) is 29.0 Å². The highest BCUT2D eigenvalue weighted by Crippen LogP contribution is 2.27. The molecule has 2 N–H and O–H groups in total. The van der Waals surface area contributed by atoms with Crippen molar-refractivity contribution in [1.82, 2.24) is 15.1 Å². The Labute approximate surface area is 119 Å². The summed E-state index contributed by atoms with van der Waals surface area (Å²) in [6.45, 7) is 1.85. The van der Waals surface area contributed by atoms with E-state index in [1.807, 2.05) is 6.92 Å². The molecule has 0 radical (unpaired) electrons. The lowest BCUT2D eigenvalue weighted by Gasteiger charge is -2.16. The Hall–Kier alpha value is -1.72. The minimum Gasteiger partial charge on any atom is -0.480 e. The van der Waals surface area contributed by atoms with Crippen LogP contribution in [0.5, 0.6) is 5.88 Å². The van der Waals surface area contributed by atoms with Gasteiger partial charge in [0.2, 0.25) is 5.88 Å². The number of urea groups is 1. The molecule has 0 spiro atoms. The van der Waals surface area contributed by atoms with E-state index in [9.17, 15) is 4.79 Å². The number of carbonyl (C=O) groups is 1. The van der Waals surface area contributed by atoms with E-state index in [1.165, 1.54) is 25.7 Å². The third kappa shape index (κ3) is 3.43. The number of amides is 2. The molecule has 0 unspecified atom stereocenters. The Morgan fingerprint density at radius 3 is 2.55 bits per heavy atom. The van der Waals surface area contributed by atoms with Gasteiger partial charge in [0.25, 0.3) is 0 Å². The molecule has 2 rings (SSSR count). The van der Waals surface area contributed by atoms with E-state index in [4.69, 9.17) is 4.74 Å². The summed E-state index contributed by atoms with van der Waals surface area (Å²) >= 11 is 0. The molecule has 0 aromatic carbocycles. The van der Waals surface area contributed by atoms with Crippen molar-refractivity contribution in [1.29, 1.82) is 0 Å². The van der Waals surface area contributed by atoms with Gasteiger partial charge in [0.05, 0.1) is 12.8 Å². The SMILES string of the molecule is COc1c(NC(=O)NC2CCCCCC2)c(C)nn1C. The second-order valence-electron chi connectivity index (χ2n) is 5.38. The van der Waals surface area contributed by atoms with Crippen molar-refractivity contribution in [3.05, 3.63) is 5.69 Å². The second-order valence-corrected chi connectivity index (χ2v) is 5.38. The van der Waals surface area contributed by atoms with Gasteiger partial charge in [-0.2, -0.15) is 5.10 Å². The first kappa shape index (κ1) is 14.7. The third-order valence-electron chi connectivity index (χ3n) is 3.79. The molecule has 1 aromatic rings. The van der Waals surface area contributed by atoms with Gasteiger partial charge >= 0.3 is 6.03 Å². The number of rotatable bonds is 3. The van der Waals surface area contributed by atoms with Crippen LogP contribution in [0.2, 0.25) is 0 Å². The molecule has 6 nitrogen and oxygen atoms in total. The molecule has 2 amide bonds. The zero-order valence-electron chi connectivity index (χ0n) is 12.5. The molecule has 20 heavy (non-hydrogen) atoms. The summed E-state index contributed by atoms with van der Waals surface area (Å²) in [5.41, 5.74) is 1.39. The van der Waals surface area contributed by atoms with Crippen molar-refractivity contribution in [2.24, 2.45) is 7.05 Å². The quantitative estimate of drug-likeness (QED) is 0.836. The van der Waals surface area contributed by atoms with E-state index in [2.05, 4.69) is 15.7 Å². The second kappa shape index (κ2) is 6.63. The lowest BCUT2D eigenvalue weighted by Crippen LogP contribution is -2.37. The first-order valence-corrected chi connectivity index (χ1v) is 7.27. The molecule has 1 saturated carbocycles. The fourth-order valence-corrected chi connectivity index (χ4v) is 2.77. The Kier molecular flexibility index (Phi) is 4.87. The monoisotopic (exact) mass is 280 g/mol. The first-order chi connectivity index (χ1) is 9.61. The molecule has 1 fully saturated rings. The number of anilines is 1. The summed E-state index contributed by atoms with van der Waals surface area (Å²) in [6.07, 6.45) is 7.07. The van der Waals surface area contributed by atoms with E-state index in [0.29, 0.717) is 11.6 Å². The van der Waals surface area contributed by atoms with Crippen molar-refractivity contribution < 1.29 is 9.53 Å². The Balaban J connectivity index is 1.97. The number of ether oxygens (including phenoxy) is 1. The number of carbonyl (C=O) groups excluding carboxylic acids is 1. The molecule has 112 valence electrons. The molecular formula is C14H24N4O2. The normalized spacial score (nSPS) is 16.6. The maximum atomic E-state index is 12.1. The minimum absolute atomic E-state index is 0.175. The zero-order chi connectivity index (χ0) is 14.5. The minimum atomic E-state index is -0.175. The van der Waals surface area contributed by atoms with Gasteiger partial charge in [-0.1, -0.05) is 25.7 Å². The molecule has 0 aliphatic heterocycles. The summed E-state index contributed by atoms with van der Waals surface area (Å²) in [4.78, 5) is 12.1. The Bertz CT molecular complexity index is 462. The van der Waals surface area contributed by atoms with Crippen LogP contribution >= 0.6 is 0 Å². The van der Waals surface area contributed by atoms with Crippen LogP contribution < -0.4 is 15.4 Å². The van der Waals surface area contributed by atoms with Gasteiger partial charge in [-0.05, 0) is 19.8 Å². The number of nitrogens with zero attached hydrogens (tertiary/aromatic N) is 2. The number of hydrogen-bond acceptors (Lipinski definition) is 3. The predicted octanol–water partition coefficient (Wildman–Crippen LogP) is 2.58. The molecule has 0 saturated heterocycles. The molecule has 1 aliphatic rings. The lowest BCUT2D eigenvalue weighted by atomic mass is 10.1. The van der Waals surface area contributed by atoms with Crippen LogP contribution in [0.25, 0.3) is 0 Å². The van der Waals surface area contributed by atoms with Crippen LogP contribution in [0, 0.1) is 6.92 Å². The highest BCUT2D eigenvalue weighted by atomic mass is 16.5. The lowest BCUT2D eigenvalue weighted by molar-refractivity contribution is 0.247. The number of hydrogen-bond donors (Lipinski definition) is 2. The van der Waals surface area contributed by atoms with Crippen LogP contribution in [0.1, 0.15) is 44.2 Å². The zero-order valence-corrected chi connectivity index (χ0v) is 12.5. The maximum absolute atomic E-state index is 12.1. The molecule has 1 aromatic heterocycles. The van der Waals surface area contributed by atoms with E-state index < -0.39 is 0 Å². The number of aromatic nitrogens is 2. The van der Waals surface area contributed by atoms with Gasteiger partial charge in [-0.25, -0.2) is 9.48 Å². The Morgan fingerprint density at radius 2 is 1.95 bits per heavy atom. The summed E-state index contributed by atoms with van der Waals surface area (Å²) in [6, 6.07) is 0.103. The average molecular weight is 280 g/mol. The van der Waals surface area contributed by atoms with Gasteiger partial charge in [0.15, 0.2) is 0 Å². The average Bonchev–Trinajstić information content (AvgIpc) is 2.60. The molecular weight excluding hydrogens is 256 g/mol. The van der Waals surface area contributed by atoms with Gasteiger partial charge in [0.1, 0.15) is 5.69 Å². The third-order valence-corrected chi connectivity index (χ3v) is 3.79. The van der Waals surface area contributed by atoms with Crippen molar-refractivity contribution >= 4 is 11.7 Å². The molecule has 0 atom stereocenters. The summed E-state index contributed by atoms with van der Waals surface area (Å²) in [5.74, 6) is 0.568. The topological polar surface area (TPSA) is 68.2 Å². The summed E-state index contributed by atoms with van der Waals surface area (Å²) in [7, 11) is 3.37. The van der Waals surface area contributed by atoms with E-state index in [0.717, 1.165) is 18.5 Å². The first-order valence-electron chi connectivity index (χ1n) is 7.27. The van der Waals surface area contributed by atoms with Crippen LogP contribution in [-0.2, 0) is 7.05 Å². The van der Waals surface area contributed by atoms with Crippen molar-refractivity contribution in [3.8, 4) is 5.88 Å². The molecule has 1 heterocycles. The highest BCUT2D eigenvalue weighted by molar-refractivity contribution is 5.91. The van der Waals surface area contributed by atoms with Gasteiger partial charge in [-0.3, -0.25) is 0 Å². The van der Waals surface area contributed by atoms with Crippen LogP contribution in [0.15, 0.2) is 0 Å². The Morgan fingerprint density at radius 1 is 1.30 bits per heavy atom. The van der Waals surface area contributed by atoms with Crippen molar-refractivity contribution in [2.45, 2.75) is 51.5 Å². The van der Waals surface area contributed by atoms with Crippen molar-refractivity contribution in [2.75, 3.05) is 12.4 Å². The fraction of sp³-hybridized carbons (Fsp3) is 0.714. The smallest absolute Gasteiger partial charge is 0.319 e. The van der Waals surface area contributed by atoms with Gasteiger partial charge in [-0.15, -0.1) is 0 Å². The van der Waals surface area contributed by atoms with Crippen molar-refractivity contribution in [3.63, 3.8) is 0 Å². The summed E-state index contributed by atoms with van der Waals surface area (Å²) < 4.78 is 6.89. The summed E-state index contributed by atoms with van der Waals surface area (Å²) in [5, 5.41) is 10.2. The molecule has 6 heteroatoms. The molecule has 0 bridgehead atoms. The largest absolute Gasteiger partial charge is 0.480 e. The maximum Gasteiger partial charge on any atom is 0.319 e. The standard InChI is InChI=1S/C14H24N4O2/c1-10-12(13(20-3)18(2)17-10)16-14(19)15-11-8-6-4-5-7-9-11/h11H,4-9H2,1-3H3,(H2,15,16,19). The predicted molar refractivity (Wildman–Crippen MR) is 78.1 cm³/mol. The number of methoxy groups -OCH3 is 1. The number of aryl methyl sites for hydroxylation is 2. The highest BCUT2D eigenvalue weighted by Gasteiger charge is 2.19. The number of nitrogens with one attached hydrogen (secondary N) is 2.